The van der Waals surface area contributed by atoms with Gasteiger partial charge < -0.3 is 14.7 Å². The molecule has 3 atom stereocenters. The molecule has 172 valence electrons. The van der Waals surface area contributed by atoms with Gasteiger partial charge in [0, 0.05) is 44.3 Å². The molecule has 1 aromatic carbocycles. The first-order valence-electron chi connectivity index (χ1n) is 12.9. The van der Waals surface area contributed by atoms with Crippen LogP contribution in [-0.4, -0.2) is 66.4 Å². The Bertz CT molecular complexity index is 853. The van der Waals surface area contributed by atoms with Crippen molar-refractivity contribution in [3.8, 4) is 0 Å². The fourth-order valence-corrected chi connectivity index (χ4v) is 6.51. The molecule has 4 heteroatoms. The number of nitrogens with zero attached hydrogens (tertiary/aromatic N) is 3. The van der Waals surface area contributed by atoms with Crippen molar-refractivity contribution < 1.29 is 4.79 Å². The Labute approximate surface area is 193 Å². The molecular weight excluding hydrogens is 394 g/mol. The third-order valence-electron chi connectivity index (χ3n) is 8.33. The van der Waals surface area contributed by atoms with Gasteiger partial charge in [-0.1, -0.05) is 49.2 Å². The largest absolute Gasteiger partial charge is 0.370 e. The normalized spacial score (nSPS) is 27.2. The van der Waals surface area contributed by atoms with E-state index < -0.39 is 0 Å². The van der Waals surface area contributed by atoms with Gasteiger partial charge in [0.25, 0.3) is 0 Å². The number of benzene rings is 1. The van der Waals surface area contributed by atoms with Crippen molar-refractivity contribution in [3.05, 3.63) is 59.3 Å². The van der Waals surface area contributed by atoms with E-state index in [2.05, 4.69) is 64.2 Å². The lowest BCUT2D eigenvalue weighted by molar-refractivity contribution is -0.133. The Morgan fingerprint density at radius 2 is 1.84 bits per heavy atom. The zero-order valence-corrected chi connectivity index (χ0v) is 19.7. The van der Waals surface area contributed by atoms with Crippen LogP contribution in [0.25, 0.3) is 0 Å². The SMILES string of the molecule is CN1C2=C(CCC=C2)C2CCN(CCC(C(=O)N3CCCCCC3)c3ccccc3)CC21. The van der Waals surface area contributed by atoms with Gasteiger partial charge in [-0.05, 0) is 68.8 Å². The van der Waals surface area contributed by atoms with Crippen molar-refractivity contribution in [1.82, 2.24) is 14.7 Å². The lowest BCUT2D eigenvalue weighted by atomic mass is 9.84. The van der Waals surface area contributed by atoms with Crippen molar-refractivity contribution in [2.45, 2.75) is 63.3 Å². The first-order valence-corrected chi connectivity index (χ1v) is 12.9. The van der Waals surface area contributed by atoms with E-state index in [1.807, 2.05) is 0 Å². The molecule has 1 aliphatic carbocycles. The van der Waals surface area contributed by atoms with Crippen LogP contribution in [0.2, 0.25) is 0 Å². The highest BCUT2D eigenvalue weighted by Gasteiger charge is 2.41. The first kappa shape index (κ1) is 21.8. The standard InChI is InChI=1S/C28H39N3O/c1-29-26-14-8-7-13-24(26)25-16-20-30(21-27(25)29)19-15-23(22-11-5-4-6-12-22)28(32)31-17-9-2-3-10-18-31/h4-6,8,11-12,14,23,25,27H,2-3,7,9-10,13,15-21H2,1H3. The number of fused-ring (bicyclic) bond motifs is 2. The highest BCUT2D eigenvalue weighted by atomic mass is 16.2. The first-order chi connectivity index (χ1) is 15.7. The monoisotopic (exact) mass is 433 g/mol. The molecule has 1 aromatic rings. The summed E-state index contributed by atoms with van der Waals surface area (Å²) < 4.78 is 0. The van der Waals surface area contributed by atoms with Crippen LogP contribution in [0.3, 0.4) is 0 Å². The Hall–Kier alpha value is -2.07. The Morgan fingerprint density at radius 3 is 2.62 bits per heavy atom. The predicted molar refractivity (Wildman–Crippen MR) is 130 cm³/mol. The molecule has 4 nitrogen and oxygen atoms in total. The van der Waals surface area contributed by atoms with Crippen LogP contribution in [0.5, 0.6) is 0 Å². The van der Waals surface area contributed by atoms with E-state index >= 15 is 0 Å². The average Bonchev–Trinajstić information content (AvgIpc) is 3.00. The minimum Gasteiger partial charge on any atom is -0.370 e. The number of piperidine rings is 1. The van der Waals surface area contributed by atoms with Crippen molar-refractivity contribution in [1.29, 1.82) is 0 Å². The number of hydrogen-bond acceptors (Lipinski definition) is 3. The number of carbonyl (C=O) groups is 1. The molecule has 0 spiro atoms. The van der Waals surface area contributed by atoms with Gasteiger partial charge in [-0.2, -0.15) is 0 Å². The summed E-state index contributed by atoms with van der Waals surface area (Å²) in [6.07, 6.45) is 14.2. The molecule has 4 aliphatic rings. The molecule has 3 aliphatic heterocycles. The van der Waals surface area contributed by atoms with Crippen LogP contribution in [-0.2, 0) is 4.79 Å². The second-order valence-electron chi connectivity index (χ2n) is 10.2. The number of hydrogen-bond donors (Lipinski definition) is 0. The predicted octanol–water partition coefficient (Wildman–Crippen LogP) is 4.80. The maximum atomic E-state index is 13.6. The maximum Gasteiger partial charge on any atom is 0.230 e. The fourth-order valence-electron chi connectivity index (χ4n) is 6.51. The smallest absolute Gasteiger partial charge is 0.230 e. The molecule has 2 fully saturated rings. The lowest BCUT2D eigenvalue weighted by Gasteiger charge is -2.39. The fraction of sp³-hybridized carbons (Fsp3) is 0.607. The quantitative estimate of drug-likeness (QED) is 0.667. The summed E-state index contributed by atoms with van der Waals surface area (Å²) in [6.45, 7) is 5.17. The highest BCUT2D eigenvalue weighted by molar-refractivity contribution is 5.83. The van der Waals surface area contributed by atoms with E-state index in [1.165, 1.54) is 43.4 Å². The van der Waals surface area contributed by atoms with Gasteiger partial charge in [0.05, 0.1) is 5.92 Å². The van der Waals surface area contributed by atoms with Crippen molar-refractivity contribution in [2.75, 3.05) is 39.8 Å². The summed E-state index contributed by atoms with van der Waals surface area (Å²) in [5.74, 6) is 1.08. The van der Waals surface area contributed by atoms with E-state index in [0.717, 1.165) is 57.9 Å². The summed E-state index contributed by atoms with van der Waals surface area (Å²) >= 11 is 0. The summed E-state index contributed by atoms with van der Waals surface area (Å²) in [6, 6.07) is 11.1. The van der Waals surface area contributed by atoms with Crippen LogP contribution in [0.15, 0.2) is 53.8 Å². The van der Waals surface area contributed by atoms with Gasteiger partial charge in [-0.25, -0.2) is 0 Å². The lowest BCUT2D eigenvalue weighted by Crippen LogP contribution is -2.48. The van der Waals surface area contributed by atoms with Gasteiger partial charge in [0.1, 0.15) is 0 Å². The molecule has 0 saturated carbocycles. The second kappa shape index (κ2) is 9.82. The number of rotatable bonds is 5. The van der Waals surface area contributed by atoms with Crippen molar-refractivity contribution in [2.24, 2.45) is 5.92 Å². The summed E-state index contributed by atoms with van der Waals surface area (Å²) in [5.41, 5.74) is 4.39. The van der Waals surface area contributed by atoms with Crippen LogP contribution in [0.4, 0.5) is 0 Å². The molecule has 1 amide bonds. The van der Waals surface area contributed by atoms with Gasteiger partial charge in [-0.3, -0.25) is 4.79 Å². The topological polar surface area (TPSA) is 26.8 Å². The number of likely N-dealkylation sites (tertiary alicyclic amines) is 2. The number of amides is 1. The Balaban J connectivity index is 1.25. The summed E-state index contributed by atoms with van der Waals surface area (Å²) in [4.78, 5) is 20.9. The van der Waals surface area contributed by atoms with E-state index in [-0.39, 0.29) is 5.92 Å². The minimum absolute atomic E-state index is 0.0115. The van der Waals surface area contributed by atoms with E-state index in [0.29, 0.717) is 11.9 Å². The molecule has 2 saturated heterocycles. The van der Waals surface area contributed by atoms with Crippen LogP contribution >= 0.6 is 0 Å². The maximum absolute atomic E-state index is 13.6. The zero-order chi connectivity index (χ0) is 21.9. The summed E-state index contributed by atoms with van der Waals surface area (Å²) in [7, 11) is 2.29. The average molecular weight is 434 g/mol. The number of likely N-dealkylation sites (N-methyl/N-ethyl adjacent to an activating group) is 1. The molecule has 32 heavy (non-hydrogen) atoms. The molecule has 3 heterocycles. The molecule has 0 bridgehead atoms. The molecule has 0 N–H and O–H groups in total. The van der Waals surface area contributed by atoms with E-state index in [1.54, 1.807) is 5.57 Å². The van der Waals surface area contributed by atoms with Crippen LogP contribution in [0, 0.1) is 5.92 Å². The minimum atomic E-state index is -0.0115. The molecule has 0 aromatic heterocycles. The van der Waals surface area contributed by atoms with Crippen LogP contribution < -0.4 is 0 Å². The van der Waals surface area contributed by atoms with Crippen molar-refractivity contribution >= 4 is 5.91 Å². The molecule has 3 unspecified atom stereocenters. The third-order valence-corrected chi connectivity index (χ3v) is 8.33. The zero-order valence-electron chi connectivity index (χ0n) is 19.7. The molecule has 5 rings (SSSR count). The number of carbonyl (C=O) groups excluding carboxylic acids is 1. The summed E-state index contributed by atoms with van der Waals surface area (Å²) in [5, 5.41) is 0. The van der Waals surface area contributed by atoms with Gasteiger partial charge >= 0.3 is 0 Å². The van der Waals surface area contributed by atoms with E-state index in [4.69, 9.17) is 0 Å². The second-order valence-corrected chi connectivity index (χ2v) is 10.2. The number of allylic oxidation sites excluding steroid dienone is 2. The van der Waals surface area contributed by atoms with Crippen LogP contribution in [0.1, 0.15) is 62.8 Å². The third kappa shape index (κ3) is 4.39. The van der Waals surface area contributed by atoms with Gasteiger partial charge in [0.15, 0.2) is 0 Å². The highest BCUT2D eigenvalue weighted by Crippen LogP contribution is 2.42. The Morgan fingerprint density at radius 1 is 1.06 bits per heavy atom. The van der Waals surface area contributed by atoms with E-state index in [9.17, 15) is 4.79 Å². The van der Waals surface area contributed by atoms with Gasteiger partial charge in [-0.15, -0.1) is 0 Å². The van der Waals surface area contributed by atoms with Crippen molar-refractivity contribution in [3.63, 3.8) is 0 Å². The van der Waals surface area contributed by atoms with Gasteiger partial charge in [0.2, 0.25) is 5.91 Å². The molecule has 0 radical (unpaired) electrons. The molecular formula is C28H39N3O. The Kier molecular flexibility index (Phi) is 6.68.